The van der Waals surface area contributed by atoms with Crippen LogP contribution in [0.15, 0.2) is 6.20 Å². The van der Waals surface area contributed by atoms with E-state index >= 15 is 0 Å². The molecular weight excluding hydrogens is 414 g/mol. The van der Waals surface area contributed by atoms with Crippen molar-refractivity contribution in [3.05, 3.63) is 11.2 Å². The topological polar surface area (TPSA) is 12.9 Å². The van der Waals surface area contributed by atoms with Crippen LogP contribution in [-0.2, 0) is 6.18 Å². The van der Waals surface area contributed by atoms with E-state index in [1.165, 1.54) is 13.3 Å². The Bertz CT molecular complexity index is 409. The number of thiazole rings is 1. The summed E-state index contributed by atoms with van der Waals surface area (Å²) in [4.78, 5) is 3.72. The second kappa shape index (κ2) is 9.50. The molecule has 1 aromatic rings. The van der Waals surface area contributed by atoms with Gasteiger partial charge in [0, 0.05) is 0 Å². The third-order valence-electron chi connectivity index (χ3n) is 4.30. The summed E-state index contributed by atoms with van der Waals surface area (Å²) in [5.41, 5.74) is 0. The van der Waals surface area contributed by atoms with Gasteiger partial charge in [-0.3, -0.25) is 0 Å². The van der Waals surface area contributed by atoms with E-state index in [-0.39, 0.29) is 0 Å². The molecule has 0 radical (unpaired) electrons. The monoisotopic (exact) mass is 443 g/mol. The Morgan fingerprint density at radius 2 is 1.41 bits per heavy atom. The van der Waals surface area contributed by atoms with Gasteiger partial charge < -0.3 is 0 Å². The minimum atomic E-state index is -4.29. The SMILES string of the molecule is CCC[CH2][Sn]([CH2]CCC)([CH2]CCC)[c]1cnc(C(F)(F)F)s1. The zero-order chi connectivity index (χ0) is 16.6. The first-order chi connectivity index (χ1) is 10.4. The molecule has 1 rings (SSSR count). The van der Waals surface area contributed by atoms with Gasteiger partial charge >= 0.3 is 141 Å². The van der Waals surface area contributed by atoms with E-state index in [2.05, 4.69) is 25.8 Å². The summed E-state index contributed by atoms with van der Waals surface area (Å²) in [6, 6.07) is 0. The zero-order valence-corrected chi connectivity index (χ0v) is 17.6. The average molecular weight is 442 g/mol. The Morgan fingerprint density at radius 3 is 1.73 bits per heavy atom. The van der Waals surface area contributed by atoms with E-state index in [9.17, 15) is 13.2 Å². The van der Waals surface area contributed by atoms with Crippen LogP contribution in [0.4, 0.5) is 13.2 Å². The number of hydrogen-bond donors (Lipinski definition) is 0. The van der Waals surface area contributed by atoms with E-state index < -0.39 is 29.6 Å². The van der Waals surface area contributed by atoms with Crippen LogP contribution in [0.1, 0.15) is 64.3 Å². The number of alkyl halides is 3. The molecule has 1 heterocycles. The molecular formula is C16H28F3NSSn. The number of halogens is 3. The molecule has 0 aromatic carbocycles. The molecule has 0 aliphatic heterocycles. The molecule has 0 saturated heterocycles. The second-order valence-electron chi connectivity index (χ2n) is 6.12. The predicted octanol–water partition coefficient (Wildman–Crippen LogP) is 6.22. The molecule has 1 nitrogen and oxygen atoms in total. The molecule has 128 valence electrons. The van der Waals surface area contributed by atoms with Crippen molar-refractivity contribution in [1.82, 2.24) is 4.98 Å². The number of aromatic nitrogens is 1. The van der Waals surface area contributed by atoms with Crippen molar-refractivity contribution in [2.75, 3.05) is 0 Å². The first kappa shape index (κ1) is 20.3. The molecule has 22 heavy (non-hydrogen) atoms. The Labute approximate surface area is 140 Å². The van der Waals surface area contributed by atoms with E-state index in [1.807, 2.05) is 0 Å². The van der Waals surface area contributed by atoms with E-state index in [0.29, 0.717) is 0 Å². The zero-order valence-electron chi connectivity index (χ0n) is 13.9. The third kappa shape index (κ3) is 5.69. The normalized spacial score (nSPS) is 12.8. The van der Waals surface area contributed by atoms with Gasteiger partial charge in [-0.2, -0.15) is 0 Å². The number of nitrogens with zero attached hydrogens (tertiary/aromatic N) is 1. The van der Waals surface area contributed by atoms with Gasteiger partial charge in [0.05, 0.1) is 0 Å². The van der Waals surface area contributed by atoms with Gasteiger partial charge in [0.15, 0.2) is 0 Å². The van der Waals surface area contributed by atoms with Gasteiger partial charge in [0.2, 0.25) is 0 Å². The van der Waals surface area contributed by atoms with Crippen molar-refractivity contribution in [2.45, 2.75) is 78.8 Å². The van der Waals surface area contributed by atoms with E-state index in [4.69, 9.17) is 0 Å². The fraction of sp³-hybridized carbons (Fsp3) is 0.812. The first-order valence-electron chi connectivity index (χ1n) is 8.43. The van der Waals surface area contributed by atoms with E-state index in [1.54, 1.807) is 6.20 Å². The molecule has 0 spiro atoms. The summed E-state index contributed by atoms with van der Waals surface area (Å²) in [5, 5.41) is -0.645. The minimum absolute atomic E-state index is 0.645. The number of rotatable bonds is 10. The molecule has 0 N–H and O–H groups in total. The standard InChI is InChI=1S/C4HF3NS.3C4H9.Sn/c5-4(6,7)3-8-1-2-9-3;3*1-3-4-2;/h1H;3*1,3-4H2,2H3;. The molecule has 6 heteroatoms. The Hall–Kier alpha value is 0.219. The second-order valence-corrected chi connectivity index (χ2v) is 21.3. The third-order valence-corrected chi connectivity index (χ3v) is 23.5. The molecule has 0 amide bonds. The maximum absolute atomic E-state index is 12.9. The van der Waals surface area contributed by atoms with Crippen molar-refractivity contribution in [3.8, 4) is 0 Å². The summed E-state index contributed by atoms with van der Waals surface area (Å²) in [6.07, 6.45) is 4.14. The molecule has 0 fully saturated rings. The molecule has 0 bridgehead atoms. The molecule has 0 saturated carbocycles. The summed E-state index contributed by atoms with van der Waals surface area (Å²) >= 11 is -1.77. The average Bonchev–Trinajstić information content (AvgIpc) is 2.97. The Balaban J connectivity index is 3.10. The summed E-state index contributed by atoms with van der Waals surface area (Å²) in [6.45, 7) is 6.51. The number of unbranched alkanes of at least 4 members (excludes halogenated alkanes) is 3. The van der Waals surface area contributed by atoms with Crippen molar-refractivity contribution >= 4 is 32.6 Å². The maximum atomic E-state index is 12.9. The van der Waals surface area contributed by atoms with Gasteiger partial charge in [-0.25, -0.2) is 0 Å². The van der Waals surface area contributed by atoms with Crippen LogP contribution in [0, 0.1) is 0 Å². The molecule has 1 aromatic heterocycles. The van der Waals surface area contributed by atoms with Crippen LogP contribution in [0.5, 0.6) is 0 Å². The van der Waals surface area contributed by atoms with Crippen LogP contribution in [-0.4, -0.2) is 23.4 Å². The Morgan fingerprint density at radius 1 is 0.955 bits per heavy atom. The van der Waals surface area contributed by atoms with Gasteiger partial charge in [0.1, 0.15) is 0 Å². The van der Waals surface area contributed by atoms with Crippen LogP contribution in [0.3, 0.4) is 0 Å². The van der Waals surface area contributed by atoms with Crippen molar-refractivity contribution in [1.29, 1.82) is 0 Å². The predicted molar refractivity (Wildman–Crippen MR) is 91.6 cm³/mol. The molecule has 0 aliphatic rings. The van der Waals surface area contributed by atoms with Gasteiger partial charge in [-0.1, -0.05) is 0 Å². The fourth-order valence-corrected chi connectivity index (χ4v) is 22.5. The van der Waals surface area contributed by atoms with Gasteiger partial charge in [-0.05, 0) is 0 Å². The van der Waals surface area contributed by atoms with Gasteiger partial charge in [-0.15, -0.1) is 0 Å². The summed E-state index contributed by atoms with van der Waals surface area (Å²) in [7, 11) is 0. The van der Waals surface area contributed by atoms with E-state index in [0.717, 1.165) is 52.8 Å². The van der Waals surface area contributed by atoms with Crippen molar-refractivity contribution < 1.29 is 13.2 Å². The quantitative estimate of drug-likeness (QED) is 0.393. The van der Waals surface area contributed by atoms with Crippen LogP contribution < -0.4 is 2.89 Å². The summed E-state index contributed by atoms with van der Waals surface area (Å²) < 4.78 is 43.4. The van der Waals surface area contributed by atoms with Gasteiger partial charge in [0.25, 0.3) is 0 Å². The van der Waals surface area contributed by atoms with Crippen LogP contribution >= 0.6 is 11.3 Å². The summed E-state index contributed by atoms with van der Waals surface area (Å²) in [5.74, 6) is 0. The van der Waals surface area contributed by atoms with Crippen LogP contribution in [0.2, 0.25) is 13.3 Å². The van der Waals surface area contributed by atoms with Crippen molar-refractivity contribution in [3.63, 3.8) is 0 Å². The number of hydrogen-bond acceptors (Lipinski definition) is 2. The molecule has 0 atom stereocenters. The van der Waals surface area contributed by atoms with Crippen LogP contribution in [0.25, 0.3) is 0 Å². The fourth-order valence-electron chi connectivity index (χ4n) is 2.94. The van der Waals surface area contributed by atoms with Crippen molar-refractivity contribution in [2.24, 2.45) is 0 Å². The first-order valence-corrected chi connectivity index (χ1v) is 16.7. The Kier molecular flexibility index (Phi) is 8.75. The molecule has 0 unspecified atom stereocenters. The molecule has 0 aliphatic carbocycles.